The van der Waals surface area contributed by atoms with E-state index in [0.717, 1.165) is 0 Å². The van der Waals surface area contributed by atoms with Crippen LogP contribution in [-0.2, 0) is 0 Å². The normalized spacial score (nSPS) is 23.7. The van der Waals surface area contributed by atoms with Gasteiger partial charge in [-0.1, -0.05) is 30.3 Å². The zero-order valence-corrected chi connectivity index (χ0v) is 11.5. The molecule has 0 aromatic heterocycles. The lowest BCUT2D eigenvalue weighted by atomic mass is 9.81. The molecule has 0 saturated heterocycles. The largest absolute Gasteiger partial charge is 0.395 e. The molecule has 1 saturated carbocycles. The van der Waals surface area contributed by atoms with Crippen LogP contribution in [0.3, 0.4) is 0 Å². The predicted octanol–water partition coefficient (Wildman–Crippen LogP) is 2.00. The summed E-state index contributed by atoms with van der Waals surface area (Å²) < 4.78 is 0. The van der Waals surface area contributed by atoms with Gasteiger partial charge in [0.25, 0.3) is 0 Å². The van der Waals surface area contributed by atoms with Crippen molar-refractivity contribution in [1.82, 2.24) is 4.90 Å². The third kappa shape index (κ3) is 4.03. The summed E-state index contributed by atoms with van der Waals surface area (Å²) in [5.41, 5.74) is 1.46. The first kappa shape index (κ1) is 14.5. The summed E-state index contributed by atoms with van der Waals surface area (Å²) in [6, 6.07) is 11.3. The summed E-state index contributed by atoms with van der Waals surface area (Å²) in [6.07, 6.45) is 4.75. The van der Waals surface area contributed by atoms with Gasteiger partial charge in [0.1, 0.15) is 0 Å². The molecule has 2 N–H and O–H groups in total. The van der Waals surface area contributed by atoms with E-state index < -0.39 is 0 Å². The van der Waals surface area contributed by atoms with E-state index in [4.69, 9.17) is 10.2 Å². The maximum atomic E-state index is 9.10. The maximum absolute atomic E-state index is 9.10. The highest BCUT2D eigenvalue weighted by Gasteiger charge is 2.25. The van der Waals surface area contributed by atoms with Crippen LogP contribution in [0, 0.1) is 0 Å². The molecule has 1 aliphatic rings. The topological polar surface area (TPSA) is 43.7 Å². The molecule has 106 valence electrons. The molecule has 1 fully saturated rings. The molecule has 0 amide bonds. The van der Waals surface area contributed by atoms with Crippen molar-refractivity contribution in [3.05, 3.63) is 35.9 Å². The fraction of sp³-hybridized carbons (Fsp3) is 0.625. The monoisotopic (exact) mass is 263 g/mol. The van der Waals surface area contributed by atoms with Crippen molar-refractivity contribution in [1.29, 1.82) is 0 Å². The highest BCUT2D eigenvalue weighted by Crippen LogP contribution is 2.34. The third-order valence-corrected chi connectivity index (χ3v) is 4.26. The smallest absolute Gasteiger partial charge is 0.0558 e. The van der Waals surface area contributed by atoms with Crippen LogP contribution in [0.5, 0.6) is 0 Å². The van der Waals surface area contributed by atoms with Crippen molar-refractivity contribution in [3.63, 3.8) is 0 Å². The number of aliphatic hydroxyl groups is 2. The SMILES string of the molecule is OCCN(CCO)C1CCC(c2ccccc2)CC1. The Balaban J connectivity index is 1.87. The van der Waals surface area contributed by atoms with Crippen molar-refractivity contribution in [2.45, 2.75) is 37.6 Å². The van der Waals surface area contributed by atoms with Crippen LogP contribution in [0.1, 0.15) is 37.2 Å². The van der Waals surface area contributed by atoms with Gasteiger partial charge in [0, 0.05) is 19.1 Å². The number of aliphatic hydroxyl groups excluding tert-OH is 2. The van der Waals surface area contributed by atoms with Gasteiger partial charge in [-0.2, -0.15) is 0 Å². The molecule has 3 heteroatoms. The van der Waals surface area contributed by atoms with Crippen LogP contribution in [-0.4, -0.2) is 47.5 Å². The quantitative estimate of drug-likeness (QED) is 0.825. The van der Waals surface area contributed by atoms with Crippen molar-refractivity contribution in [2.24, 2.45) is 0 Å². The molecule has 1 aromatic carbocycles. The summed E-state index contributed by atoms with van der Waals surface area (Å²) in [5, 5.41) is 18.2. The Morgan fingerprint density at radius 1 is 0.895 bits per heavy atom. The van der Waals surface area contributed by atoms with Gasteiger partial charge in [0.2, 0.25) is 0 Å². The lowest BCUT2D eigenvalue weighted by molar-refractivity contribution is 0.0975. The summed E-state index contributed by atoms with van der Waals surface area (Å²) in [5.74, 6) is 0.683. The van der Waals surface area contributed by atoms with E-state index >= 15 is 0 Å². The average Bonchev–Trinajstić information content (AvgIpc) is 2.48. The Labute approximate surface area is 115 Å². The lowest BCUT2D eigenvalue weighted by Crippen LogP contribution is -2.41. The van der Waals surface area contributed by atoms with Gasteiger partial charge in [0.15, 0.2) is 0 Å². The third-order valence-electron chi connectivity index (χ3n) is 4.26. The number of nitrogens with zero attached hydrogens (tertiary/aromatic N) is 1. The Bertz CT molecular complexity index is 341. The summed E-state index contributed by atoms with van der Waals surface area (Å²) >= 11 is 0. The summed E-state index contributed by atoms with van der Waals surface area (Å²) in [7, 11) is 0. The van der Waals surface area contributed by atoms with E-state index in [1.165, 1.54) is 31.2 Å². The van der Waals surface area contributed by atoms with Crippen LogP contribution in [0.2, 0.25) is 0 Å². The minimum absolute atomic E-state index is 0.179. The fourth-order valence-corrected chi connectivity index (χ4v) is 3.23. The maximum Gasteiger partial charge on any atom is 0.0558 e. The molecule has 0 radical (unpaired) electrons. The van der Waals surface area contributed by atoms with Gasteiger partial charge >= 0.3 is 0 Å². The lowest BCUT2D eigenvalue weighted by Gasteiger charge is -2.36. The number of hydrogen-bond donors (Lipinski definition) is 2. The second kappa shape index (κ2) is 7.63. The van der Waals surface area contributed by atoms with Gasteiger partial charge in [-0.3, -0.25) is 4.90 Å². The first-order valence-electron chi connectivity index (χ1n) is 7.36. The molecule has 0 atom stereocenters. The molecule has 1 aliphatic carbocycles. The second-order valence-corrected chi connectivity index (χ2v) is 5.40. The molecule has 0 aliphatic heterocycles. The van der Waals surface area contributed by atoms with E-state index in [1.807, 2.05) is 0 Å². The van der Waals surface area contributed by atoms with E-state index in [2.05, 4.69) is 35.2 Å². The molecule has 0 heterocycles. The predicted molar refractivity (Wildman–Crippen MR) is 77.2 cm³/mol. The van der Waals surface area contributed by atoms with Crippen molar-refractivity contribution >= 4 is 0 Å². The molecular weight excluding hydrogens is 238 g/mol. The van der Waals surface area contributed by atoms with Crippen LogP contribution < -0.4 is 0 Å². The Morgan fingerprint density at radius 2 is 1.47 bits per heavy atom. The highest BCUT2D eigenvalue weighted by molar-refractivity contribution is 5.20. The van der Waals surface area contributed by atoms with Gasteiger partial charge in [-0.15, -0.1) is 0 Å². The zero-order chi connectivity index (χ0) is 13.5. The van der Waals surface area contributed by atoms with Gasteiger partial charge in [-0.05, 0) is 37.2 Å². The molecule has 0 bridgehead atoms. The molecular formula is C16H25NO2. The first-order valence-corrected chi connectivity index (χ1v) is 7.36. The standard InChI is InChI=1S/C16H25NO2/c18-12-10-17(11-13-19)16-8-6-15(7-9-16)14-4-2-1-3-5-14/h1-5,15-16,18-19H,6-13H2. The van der Waals surface area contributed by atoms with Crippen LogP contribution in [0.15, 0.2) is 30.3 Å². The van der Waals surface area contributed by atoms with Gasteiger partial charge < -0.3 is 10.2 Å². The average molecular weight is 263 g/mol. The number of rotatable bonds is 6. The van der Waals surface area contributed by atoms with E-state index in [-0.39, 0.29) is 13.2 Å². The Morgan fingerprint density at radius 3 is 2.00 bits per heavy atom. The first-order chi connectivity index (χ1) is 9.35. The van der Waals surface area contributed by atoms with E-state index in [0.29, 0.717) is 25.0 Å². The van der Waals surface area contributed by atoms with Crippen LogP contribution in [0.25, 0.3) is 0 Å². The number of hydrogen-bond acceptors (Lipinski definition) is 3. The molecule has 2 rings (SSSR count). The summed E-state index contributed by atoms with van der Waals surface area (Å²) in [4.78, 5) is 2.24. The van der Waals surface area contributed by atoms with E-state index in [9.17, 15) is 0 Å². The number of benzene rings is 1. The van der Waals surface area contributed by atoms with E-state index in [1.54, 1.807) is 0 Å². The zero-order valence-electron chi connectivity index (χ0n) is 11.5. The molecule has 0 spiro atoms. The second-order valence-electron chi connectivity index (χ2n) is 5.40. The van der Waals surface area contributed by atoms with Gasteiger partial charge in [-0.25, -0.2) is 0 Å². The van der Waals surface area contributed by atoms with Crippen molar-refractivity contribution < 1.29 is 10.2 Å². The Kier molecular flexibility index (Phi) is 5.83. The van der Waals surface area contributed by atoms with Crippen LogP contribution in [0.4, 0.5) is 0 Å². The Hall–Kier alpha value is -0.900. The molecule has 1 aromatic rings. The minimum Gasteiger partial charge on any atom is -0.395 e. The van der Waals surface area contributed by atoms with Crippen molar-refractivity contribution in [2.75, 3.05) is 26.3 Å². The minimum atomic E-state index is 0.179. The summed E-state index contributed by atoms with van der Waals surface area (Å²) in [6.45, 7) is 1.72. The molecule has 0 unspecified atom stereocenters. The van der Waals surface area contributed by atoms with Gasteiger partial charge in [0.05, 0.1) is 13.2 Å². The molecule has 3 nitrogen and oxygen atoms in total. The van der Waals surface area contributed by atoms with Crippen molar-refractivity contribution in [3.8, 4) is 0 Å². The molecule has 19 heavy (non-hydrogen) atoms. The van der Waals surface area contributed by atoms with Crippen LogP contribution >= 0.6 is 0 Å². The highest BCUT2D eigenvalue weighted by atomic mass is 16.3. The fourth-order valence-electron chi connectivity index (χ4n) is 3.23.